The van der Waals surface area contributed by atoms with E-state index in [0.29, 0.717) is 18.0 Å². The summed E-state index contributed by atoms with van der Waals surface area (Å²) in [7, 11) is 2.05. The molecule has 0 spiro atoms. The summed E-state index contributed by atoms with van der Waals surface area (Å²) in [6.07, 6.45) is 8.37. The molecule has 2 aliphatic rings. The van der Waals surface area contributed by atoms with Crippen molar-refractivity contribution >= 4 is 5.91 Å². The first-order valence-electron chi connectivity index (χ1n) is 7.82. The molecule has 0 aromatic heterocycles. The van der Waals surface area contributed by atoms with E-state index in [4.69, 9.17) is 5.73 Å². The predicted molar refractivity (Wildman–Crippen MR) is 77.8 cm³/mol. The first kappa shape index (κ1) is 14.8. The molecule has 1 atom stereocenters. The molecule has 1 amide bonds. The minimum atomic E-state index is -0.0289. The average molecular weight is 267 g/mol. The van der Waals surface area contributed by atoms with Gasteiger partial charge in [-0.3, -0.25) is 9.69 Å². The van der Waals surface area contributed by atoms with Crippen molar-refractivity contribution < 1.29 is 4.79 Å². The highest BCUT2D eigenvalue weighted by Gasteiger charge is 2.29. The first-order chi connectivity index (χ1) is 9.06. The monoisotopic (exact) mass is 267 g/mol. The normalized spacial score (nSPS) is 29.9. The second-order valence-corrected chi connectivity index (χ2v) is 6.56. The van der Waals surface area contributed by atoms with E-state index in [9.17, 15) is 4.79 Å². The van der Waals surface area contributed by atoms with Gasteiger partial charge in [0.15, 0.2) is 0 Å². The van der Waals surface area contributed by atoms with Gasteiger partial charge >= 0.3 is 0 Å². The summed E-state index contributed by atoms with van der Waals surface area (Å²) < 4.78 is 0. The molecule has 110 valence electrons. The molecule has 1 unspecified atom stereocenters. The number of hydrogen-bond acceptors (Lipinski definition) is 3. The average Bonchev–Trinajstić information content (AvgIpc) is 2.37. The van der Waals surface area contributed by atoms with Gasteiger partial charge in [-0.25, -0.2) is 0 Å². The molecule has 0 aromatic carbocycles. The molecule has 2 aliphatic carbocycles. The van der Waals surface area contributed by atoms with Crippen LogP contribution in [0.15, 0.2) is 0 Å². The molecule has 2 rings (SSSR count). The van der Waals surface area contributed by atoms with Crippen LogP contribution in [0.25, 0.3) is 0 Å². The van der Waals surface area contributed by atoms with Crippen molar-refractivity contribution in [3.05, 3.63) is 0 Å². The second-order valence-electron chi connectivity index (χ2n) is 6.56. The van der Waals surface area contributed by atoms with Crippen molar-refractivity contribution in [1.29, 1.82) is 0 Å². The molecule has 0 saturated heterocycles. The molecular formula is C15H29N3O. The van der Waals surface area contributed by atoms with Crippen LogP contribution in [0.2, 0.25) is 0 Å². The van der Waals surface area contributed by atoms with E-state index in [0.717, 1.165) is 32.2 Å². The molecule has 0 radical (unpaired) electrons. The Morgan fingerprint density at radius 3 is 2.53 bits per heavy atom. The summed E-state index contributed by atoms with van der Waals surface area (Å²) in [5.41, 5.74) is 5.81. The molecule has 2 saturated carbocycles. The van der Waals surface area contributed by atoms with Gasteiger partial charge in [0, 0.05) is 18.6 Å². The van der Waals surface area contributed by atoms with Gasteiger partial charge in [-0.2, -0.15) is 0 Å². The Balaban J connectivity index is 1.71. The van der Waals surface area contributed by atoms with Crippen LogP contribution in [-0.2, 0) is 4.79 Å². The van der Waals surface area contributed by atoms with Gasteiger partial charge < -0.3 is 11.1 Å². The highest BCUT2D eigenvalue weighted by atomic mass is 16.2. The van der Waals surface area contributed by atoms with Crippen LogP contribution in [0.4, 0.5) is 0 Å². The van der Waals surface area contributed by atoms with E-state index in [1.54, 1.807) is 0 Å². The van der Waals surface area contributed by atoms with E-state index < -0.39 is 0 Å². The Kier molecular flexibility index (Phi) is 5.22. The van der Waals surface area contributed by atoms with Gasteiger partial charge in [-0.15, -0.1) is 0 Å². The summed E-state index contributed by atoms with van der Waals surface area (Å²) >= 11 is 0. The Hall–Kier alpha value is -0.610. The van der Waals surface area contributed by atoms with Crippen LogP contribution >= 0.6 is 0 Å². The number of likely N-dealkylation sites (N-methyl/N-ethyl adjacent to an activating group) is 1. The van der Waals surface area contributed by atoms with Crippen LogP contribution in [0.3, 0.4) is 0 Å². The third-order valence-corrected chi connectivity index (χ3v) is 4.81. The van der Waals surface area contributed by atoms with Crippen LogP contribution in [0.5, 0.6) is 0 Å². The Labute approximate surface area is 117 Å². The lowest BCUT2D eigenvalue weighted by molar-refractivity contribution is -0.126. The second kappa shape index (κ2) is 6.71. The molecule has 3 N–H and O–H groups in total. The van der Waals surface area contributed by atoms with Crippen LogP contribution in [0, 0.1) is 5.92 Å². The largest absolute Gasteiger partial charge is 0.352 e. The minimum absolute atomic E-state index is 0.0289. The molecule has 4 nitrogen and oxygen atoms in total. The quantitative estimate of drug-likeness (QED) is 0.793. The van der Waals surface area contributed by atoms with Gasteiger partial charge in [0.05, 0.1) is 6.04 Å². The topological polar surface area (TPSA) is 58.4 Å². The van der Waals surface area contributed by atoms with Crippen molar-refractivity contribution in [2.75, 3.05) is 13.6 Å². The van der Waals surface area contributed by atoms with Gasteiger partial charge in [0.2, 0.25) is 5.91 Å². The molecule has 0 heterocycles. The summed E-state index contributed by atoms with van der Waals surface area (Å²) in [5, 5.41) is 3.21. The van der Waals surface area contributed by atoms with Crippen LogP contribution in [-0.4, -0.2) is 42.5 Å². The fraction of sp³-hybridized carbons (Fsp3) is 0.933. The number of nitrogens with one attached hydrogen (secondary N) is 1. The lowest BCUT2D eigenvalue weighted by Crippen LogP contribution is -2.50. The van der Waals surface area contributed by atoms with E-state index in [2.05, 4.69) is 17.3 Å². The highest BCUT2D eigenvalue weighted by molar-refractivity contribution is 5.81. The maximum Gasteiger partial charge on any atom is 0.237 e. The van der Waals surface area contributed by atoms with Crippen molar-refractivity contribution in [2.45, 2.75) is 70.0 Å². The summed E-state index contributed by atoms with van der Waals surface area (Å²) in [6.45, 7) is 3.00. The third kappa shape index (κ3) is 4.18. The number of carbonyl (C=O) groups excluding carboxylic acids is 1. The molecule has 0 aliphatic heterocycles. The molecule has 19 heavy (non-hydrogen) atoms. The Bertz CT molecular complexity index is 296. The van der Waals surface area contributed by atoms with Gasteiger partial charge in [0.1, 0.15) is 0 Å². The smallest absolute Gasteiger partial charge is 0.237 e. The maximum atomic E-state index is 12.2. The molecule has 4 heteroatoms. The van der Waals surface area contributed by atoms with Crippen molar-refractivity contribution in [3.63, 3.8) is 0 Å². The van der Waals surface area contributed by atoms with E-state index in [1.165, 1.54) is 19.3 Å². The van der Waals surface area contributed by atoms with Crippen LogP contribution in [0.1, 0.15) is 51.9 Å². The SMILES string of the molecule is CC(C(=O)NC1CCCCC1)N(C)CC1CC(N)C1. The van der Waals surface area contributed by atoms with Crippen molar-refractivity contribution in [3.8, 4) is 0 Å². The highest BCUT2D eigenvalue weighted by Crippen LogP contribution is 2.26. The molecule has 2 fully saturated rings. The van der Waals surface area contributed by atoms with Gasteiger partial charge in [0.25, 0.3) is 0 Å². The number of rotatable bonds is 5. The zero-order valence-electron chi connectivity index (χ0n) is 12.4. The fourth-order valence-electron chi connectivity index (χ4n) is 3.27. The fourth-order valence-corrected chi connectivity index (χ4v) is 3.27. The molecule has 0 aromatic rings. The van der Waals surface area contributed by atoms with E-state index >= 15 is 0 Å². The summed E-state index contributed by atoms with van der Waals surface area (Å²) in [5.74, 6) is 0.878. The Morgan fingerprint density at radius 1 is 1.32 bits per heavy atom. The van der Waals surface area contributed by atoms with Crippen molar-refractivity contribution in [2.24, 2.45) is 11.7 Å². The Morgan fingerprint density at radius 2 is 1.95 bits per heavy atom. The first-order valence-corrected chi connectivity index (χ1v) is 7.82. The number of hydrogen-bond donors (Lipinski definition) is 2. The number of nitrogens with zero attached hydrogens (tertiary/aromatic N) is 1. The molecule has 0 bridgehead atoms. The van der Waals surface area contributed by atoms with E-state index in [-0.39, 0.29) is 11.9 Å². The predicted octanol–water partition coefficient (Wildman–Crippen LogP) is 1.49. The maximum absolute atomic E-state index is 12.2. The lowest BCUT2D eigenvalue weighted by atomic mass is 9.80. The summed E-state index contributed by atoms with van der Waals surface area (Å²) in [4.78, 5) is 14.4. The zero-order valence-corrected chi connectivity index (χ0v) is 12.4. The van der Waals surface area contributed by atoms with Crippen molar-refractivity contribution in [1.82, 2.24) is 10.2 Å². The standard InChI is InChI=1S/C15H29N3O/c1-11(18(2)10-12-8-13(16)9-12)15(19)17-14-6-4-3-5-7-14/h11-14H,3-10,16H2,1-2H3,(H,17,19). The minimum Gasteiger partial charge on any atom is -0.352 e. The zero-order chi connectivity index (χ0) is 13.8. The number of nitrogens with two attached hydrogens (primary N) is 1. The number of amides is 1. The third-order valence-electron chi connectivity index (χ3n) is 4.81. The van der Waals surface area contributed by atoms with E-state index in [1.807, 2.05) is 6.92 Å². The summed E-state index contributed by atoms with van der Waals surface area (Å²) in [6, 6.07) is 0.776. The van der Waals surface area contributed by atoms with Crippen LogP contribution < -0.4 is 11.1 Å². The molecular weight excluding hydrogens is 238 g/mol. The van der Waals surface area contributed by atoms with Gasteiger partial charge in [-0.1, -0.05) is 19.3 Å². The number of carbonyl (C=O) groups is 1. The van der Waals surface area contributed by atoms with Gasteiger partial charge in [-0.05, 0) is 45.6 Å². The lowest BCUT2D eigenvalue weighted by Gasteiger charge is -2.37.